The van der Waals surface area contributed by atoms with Crippen molar-refractivity contribution in [2.45, 2.75) is 209 Å². The van der Waals surface area contributed by atoms with Gasteiger partial charge in [-0.2, -0.15) is 0 Å². The lowest BCUT2D eigenvalue weighted by molar-refractivity contribution is -0.0310. The van der Waals surface area contributed by atoms with Crippen LogP contribution in [0.4, 0.5) is 17.6 Å². The van der Waals surface area contributed by atoms with Crippen molar-refractivity contribution >= 4 is 0 Å². The minimum Gasteiger partial charge on any atom is -0.387 e. The fraction of sp³-hybridized carbons (Fsp3) is 1.00. The van der Waals surface area contributed by atoms with Gasteiger partial charge in [-0.25, -0.2) is 17.6 Å². The van der Waals surface area contributed by atoms with Crippen LogP contribution >= 0.6 is 0 Å². The highest BCUT2D eigenvalue weighted by Crippen LogP contribution is 2.35. The monoisotopic (exact) mass is 761 g/mol. The highest BCUT2D eigenvalue weighted by molar-refractivity contribution is 4.96. The summed E-state index contributed by atoms with van der Waals surface area (Å²) in [4.78, 5) is 0. The summed E-state index contributed by atoms with van der Waals surface area (Å²) in [6.45, 7) is 30.7. The third-order valence-corrected chi connectivity index (χ3v) is 10.4. The molecule has 4 aliphatic heterocycles. The van der Waals surface area contributed by atoms with Crippen LogP contribution < -0.4 is 0 Å². The molecule has 0 aromatic heterocycles. The molecular weight excluding hydrogens is 684 g/mol. The van der Waals surface area contributed by atoms with Crippen LogP contribution in [0.5, 0.6) is 0 Å². The Kier molecular flexibility index (Phi) is 20.6. The van der Waals surface area contributed by atoms with Crippen molar-refractivity contribution in [2.24, 2.45) is 47.3 Å². The van der Waals surface area contributed by atoms with E-state index < -0.39 is 73.5 Å². The Balaban J connectivity index is 0.000000347. The molecule has 4 rings (SSSR count). The zero-order valence-electron chi connectivity index (χ0n) is 34.8. The average molecular weight is 761 g/mol. The lowest BCUT2D eigenvalue weighted by Crippen LogP contribution is -2.32. The SMILES string of the molecule is CC(C)[C@H]1O[C@@H](C(C)C)[C@@H](F)[C@@H]1O.CC(C)[C@H]1O[C@@H](C(C)C)[C@H](F)[C@@H]1O.CC(C)[C@H]1O[C@@H](C(C)C)[C@H](O)[C@@H]1F.CC(C)[C@H]1O[C@@H](C(C)C)[C@H](O)[C@H]1F. The van der Waals surface area contributed by atoms with Gasteiger partial charge in [0.15, 0.2) is 24.7 Å². The van der Waals surface area contributed by atoms with Crippen molar-refractivity contribution in [1.29, 1.82) is 0 Å². The van der Waals surface area contributed by atoms with Crippen molar-refractivity contribution in [2.75, 3.05) is 0 Å². The number of halogens is 4. The van der Waals surface area contributed by atoms with Gasteiger partial charge in [-0.1, -0.05) is 111 Å². The largest absolute Gasteiger partial charge is 0.387 e. The Morgan fingerprint density at radius 2 is 0.385 bits per heavy atom. The van der Waals surface area contributed by atoms with E-state index in [2.05, 4.69) is 0 Å². The normalized spacial score (nSPS) is 40.6. The van der Waals surface area contributed by atoms with E-state index in [1.807, 2.05) is 111 Å². The van der Waals surface area contributed by atoms with Gasteiger partial charge >= 0.3 is 0 Å². The standard InChI is InChI=1S/4C10H19FO2/c4*1-5(2)9-7(11)8(12)10(13-9)6(3)4/h4*5-10,12H,1-4H3/t2*7-,8+,9+,10-;2*7-,8-,9-,10+/m1010/s1. The van der Waals surface area contributed by atoms with E-state index in [-0.39, 0.29) is 71.8 Å². The second kappa shape index (κ2) is 21.6. The number of alkyl halides is 4. The Labute approximate surface area is 312 Å². The molecular formula is C40H76F4O8. The summed E-state index contributed by atoms with van der Waals surface area (Å²) in [5.41, 5.74) is 0. The molecule has 16 atom stereocenters. The van der Waals surface area contributed by atoms with Crippen LogP contribution in [0.15, 0.2) is 0 Å². The third kappa shape index (κ3) is 12.7. The molecule has 12 heteroatoms. The lowest BCUT2D eigenvalue weighted by atomic mass is 9.97. The first-order chi connectivity index (χ1) is 23.8. The highest BCUT2D eigenvalue weighted by Gasteiger charge is 2.49. The van der Waals surface area contributed by atoms with Gasteiger partial charge in [-0.15, -0.1) is 0 Å². The summed E-state index contributed by atoms with van der Waals surface area (Å²) in [6.07, 6.45) is -11.9. The highest BCUT2D eigenvalue weighted by atomic mass is 19.1. The van der Waals surface area contributed by atoms with Gasteiger partial charge in [0, 0.05) is 0 Å². The maximum atomic E-state index is 13.5. The molecule has 0 bridgehead atoms. The molecule has 312 valence electrons. The van der Waals surface area contributed by atoms with Crippen LogP contribution in [0.3, 0.4) is 0 Å². The molecule has 4 aliphatic rings. The Bertz CT molecular complexity index is 761. The van der Waals surface area contributed by atoms with E-state index in [1.165, 1.54) is 0 Å². The molecule has 52 heavy (non-hydrogen) atoms. The second-order valence-electron chi connectivity index (χ2n) is 18.0. The van der Waals surface area contributed by atoms with Gasteiger partial charge in [0.25, 0.3) is 0 Å². The Hall–Kier alpha value is -0.600. The van der Waals surface area contributed by atoms with Gasteiger partial charge in [-0.3, -0.25) is 0 Å². The molecule has 4 fully saturated rings. The van der Waals surface area contributed by atoms with E-state index in [9.17, 15) is 38.0 Å². The summed E-state index contributed by atoms with van der Waals surface area (Å²) in [5.74, 6) is 1.13. The third-order valence-electron chi connectivity index (χ3n) is 10.4. The smallest absolute Gasteiger partial charge is 0.155 e. The molecule has 4 N–H and O–H groups in total. The van der Waals surface area contributed by atoms with Crippen LogP contribution in [0.2, 0.25) is 0 Å². The van der Waals surface area contributed by atoms with E-state index in [0.717, 1.165) is 0 Å². The van der Waals surface area contributed by atoms with Gasteiger partial charge in [0.05, 0.1) is 48.8 Å². The van der Waals surface area contributed by atoms with Crippen LogP contribution in [-0.4, -0.2) is 118 Å². The summed E-state index contributed by atoms with van der Waals surface area (Å²) < 4.78 is 75.8. The fourth-order valence-electron chi connectivity index (χ4n) is 7.16. The van der Waals surface area contributed by atoms with Crippen LogP contribution in [-0.2, 0) is 18.9 Å². The zero-order chi connectivity index (χ0) is 40.7. The van der Waals surface area contributed by atoms with Crippen LogP contribution in [0.25, 0.3) is 0 Å². The van der Waals surface area contributed by atoms with Crippen molar-refractivity contribution in [3.8, 4) is 0 Å². The molecule has 0 aromatic carbocycles. The van der Waals surface area contributed by atoms with Crippen LogP contribution in [0, 0.1) is 47.3 Å². The van der Waals surface area contributed by atoms with E-state index in [4.69, 9.17) is 18.9 Å². The van der Waals surface area contributed by atoms with Crippen molar-refractivity contribution in [1.82, 2.24) is 0 Å². The number of aliphatic hydroxyl groups excluding tert-OH is 4. The van der Waals surface area contributed by atoms with Crippen molar-refractivity contribution < 1.29 is 56.9 Å². The van der Waals surface area contributed by atoms with Gasteiger partial charge in [0.1, 0.15) is 24.4 Å². The van der Waals surface area contributed by atoms with E-state index >= 15 is 0 Å². The predicted molar refractivity (Wildman–Crippen MR) is 197 cm³/mol. The predicted octanol–water partition coefficient (Wildman–Crippen LogP) is 7.06. The summed E-state index contributed by atoms with van der Waals surface area (Å²) in [5, 5.41) is 38.2. The fourth-order valence-corrected chi connectivity index (χ4v) is 7.16. The topological polar surface area (TPSA) is 118 Å². The molecule has 8 nitrogen and oxygen atoms in total. The number of aliphatic hydroxyl groups is 4. The Morgan fingerprint density at radius 3 is 0.442 bits per heavy atom. The molecule has 0 aliphatic carbocycles. The first kappa shape index (κ1) is 49.4. The average Bonchev–Trinajstić information content (AvgIpc) is 3.72. The zero-order valence-corrected chi connectivity index (χ0v) is 34.8. The molecule has 0 amide bonds. The Morgan fingerprint density at radius 1 is 0.269 bits per heavy atom. The maximum Gasteiger partial charge on any atom is 0.155 e. The molecule has 0 aromatic rings. The molecule has 0 spiro atoms. The van der Waals surface area contributed by atoms with Gasteiger partial charge in [-0.05, 0) is 47.3 Å². The molecule has 0 saturated carbocycles. The number of hydrogen-bond donors (Lipinski definition) is 4. The number of rotatable bonds is 8. The molecule has 4 heterocycles. The first-order valence-corrected chi connectivity index (χ1v) is 19.7. The molecule has 4 saturated heterocycles. The maximum absolute atomic E-state index is 13.5. The summed E-state index contributed by atoms with van der Waals surface area (Å²) in [7, 11) is 0. The molecule has 0 radical (unpaired) electrons. The van der Waals surface area contributed by atoms with Gasteiger partial charge in [0.2, 0.25) is 0 Å². The van der Waals surface area contributed by atoms with Crippen molar-refractivity contribution in [3.05, 3.63) is 0 Å². The van der Waals surface area contributed by atoms with Gasteiger partial charge < -0.3 is 39.4 Å². The van der Waals surface area contributed by atoms with Crippen molar-refractivity contribution in [3.63, 3.8) is 0 Å². The lowest BCUT2D eigenvalue weighted by Gasteiger charge is -2.18. The summed E-state index contributed by atoms with van der Waals surface area (Å²) >= 11 is 0. The first-order valence-electron chi connectivity index (χ1n) is 19.7. The number of hydrogen-bond acceptors (Lipinski definition) is 8. The second-order valence-corrected chi connectivity index (χ2v) is 18.0. The minimum absolute atomic E-state index is 0.119. The minimum atomic E-state index is -1.23. The van der Waals surface area contributed by atoms with E-state index in [0.29, 0.717) is 0 Å². The van der Waals surface area contributed by atoms with E-state index in [1.54, 1.807) is 0 Å². The number of ether oxygens (including phenoxy) is 4. The molecule has 0 unspecified atom stereocenters. The quantitative estimate of drug-likeness (QED) is 0.195. The summed E-state index contributed by atoms with van der Waals surface area (Å²) in [6, 6.07) is 0. The van der Waals surface area contributed by atoms with Crippen LogP contribution in [0.1, 0.15) is 111 Å².